The number of alkyl carbamates (subject to hydrolysis) is 1. The van der Waals surface area contributed by atoms with Crippen LogP contribution in [0.25, 0.3) is 0 Å². The molecule has 0 radical (unpaired) electrons. The van der Waals surface area contributed by atoms with Gasteiger partial charge >= 0.3 is 6.09 Å². The third-order valence-electron chi connectivity index (χ3n) is 2.68. The zero-order chi connectivity index (χ0) is 18.0. The zero-order valence-electron chi connectivity index (χ0n) is 14.7. The van der Waals surface area contributed by atoms with Crippen molar-refractivity contribution in [3.63, 3.8) is 0 Å². The van der Waals surface area contributed by atoms with Crippen molar-refractivity contribution < 1.29 is 9.53 Å². The smallest absolute Gasteiger partial charge is 0.407 e. The number of nitrogens with zero attached hydrogens (tertiary/aromatic N) is 1. The number of thiophene rings is 1. The van der Waals surface area contributed by atoms with Gasteiger partial charge in [-0.25, -0.2) is 9.79 Å². The van der Waals surface area contributed by atoms with Crippen LogP contribution in [0.2, 0.25) is 0 Å². The summed E-state index contributed by atoms with van der Waals surface area (Å²) < 4.78 is 6.29. The lowest BCUT2D eigenvalue weighted by atomic mass is 10.2. The van der Waals surface area contributed by atoms with Gasteiger partial charge in [0.05, 0.1) is 10.3 Å². The number of aliphatic imine (C=N–C) groups is 1. The zero-order valence-corrected chi connectivity index (χ0v) is 17.1. The molecule has 3 N–H and O–H groups in total. The predicted molar refractivity (Wildman–Crippen MR) is 104 cm³/mol. The highest BCUT2D eigenvalue weighted by Crippen LogP contribution is 2.22. The number of halogens is 1. The Bertz CT molecular complexity index is 540. The molecule has 0 aliphatic rings. The molecule has 1 aromatic rings. The SMILES string of the molecule is CCNC(=NCc1ccc(Br)s1)NCCCNC(=O)OC(C)(C)C. The van der Waals surface area contributed by atoms with Gasteiger partial charge in [-0.1, -0.05) is 0 Å². The van der Waals surface area contributed by atoms with Gasteiger partial charge in [-0.15, -0.1) is 11.3 Å². The standard InChI is InChI=1S/C16H27BrN4O2S/c1-5-18-14(21-11-12-7-8-13(17)24-12)19-9-6-10-20-15(22)23-16(2,3)4/h7-8H,5-6,9-11H2,1-4H3,(H,20,22)(H2,18,19,21). The van der Waals surface area contributed by atoms with Crippen LogP contribution in [0.3, 0.4) is 0 Å². The van der Waals surface area contributed by atoms with Crippen molar-refractivity contribution in [2.75, 3.05) is 19.6 Å². The number of ether oxygens (including phenoxy) is 1. The van der Waals surface area contributed by atoms with E-state index in [0.29, 0.717) is 13.1 Å². The van der Waals surface area contributed by atoms with Gasteiger partial charge in [0.1, 0.15) is 5.60 Å². The summed E-state index contributed by atoms with van der Waals surface area (Å²) in [4.78, 5) is 17.3. The summed E-state index contributed by atoms with van der Waals surface area (Å²) in [6.07, 6.45) is 0.403. The van der Waals surface area contributed by atoms with Crippen LogP contribution in [-0.4, -0.2) is 37.3 Å². The van der Waals surface area contributed by atoms with E-state index in [1.165, 1.54) is 4.88 Å². The first kappa shape index (κ1) is 20.8. The largest absolute Gasteiger partial charge is 0.444 e. The van der Waals surface area contributed by atoms with Gasteiger partial charge in [-0.2, -0.15) is 0 Å². The molecule has 0 atom stereocenters. The van der Waals surface area contributed by atoms with Crippen molar-refractivity contribution in [3.05, 3.63) is 20.8 Å². The number of hydrogen-bond acceptors (Lipinski definition) is 4. The summed E-state index contributed by atoms with van der Waals surface area (Å²) in [5, 5.41) is 9.21. The van der Waals surface area contributed by atoms with Crippen LogP contribution in [0, 0.1) is 0 Å². The Hall–Kier alpha value is -1.28. The van der Waals surface area contributed by atoms with Crippen molar-refractivity contribution in [3.8, 4) is 0 Å². The molecule has 1 amide bonds. The highest BCUT2D eigenvalue weighted by Gasteiger charge is 2.15. The molecule has 0 aliphatic carbocycles. The molecule has 0 aliphatic heterocycles. The molecule has 0 fully saturated rings. The van der Waals surface area contributed by atoms with E-state index in [2.05, 4.69) is 42.9 Å². The molecule has 0 spiro atoms. The maximum absolute atomic E-state index is 11.5. The summed E-state index contributed by atoms with van der Waals surface area (Å²) in [7, 11) is 0. The molecule has 0 unspecified atom stereocenters. The Morgan fingerprint density at radius 2 is 1.96 bits per heavy atom. The van der Waals surface area contributed by atoms with E-state index in [1.54, 1.807) is 11.3 Å². The summed E-state index contributed by atoms with van der Waals surface area (Å²) in [6.45, 7) is 10.3. The number of amides is 1. The van der Waals surface area contributed by atoms with Crippen LogP contribution in [-0.2, 0) is 11.3 Å². The molecule has 1 heterocycles. The lowest BCUT2D eigenvalue weighted by Crippen LogP contribution is -2.39. The van der Waals surface area contributed by atoms with Crippen LogP contribution >= 0.6 is 27.3 Å². The Balaban J connectivity index is 2.27. The second-order valence-corrected chi connectivity index (χ2v) is 8.66. The molecule has 136 valence electrons. The van der Waals surface area contributed by atoms with Gasteiger partial charge in [-0.05, 0) is 62.2 Å². The van der Waals surface area contributed by atoms with E-state index < -0.39 is 5.60 Å². The number of guanidine groups is 1. The maximum Gasteiger partial charge on any atom is 0.407 e. The molecule has 1 rings (SSSR count). The van der Waals surface area contributed by atoms with Crippen LogP contribution in [0.5, 0.6) is 0 Å². The van der Waals surface area contributed by atoms with E-state index in [-0.39, 0.29) is 6.09 Å². The fraction of sp³-hybridized carbons (Fsp3) is 0.625. The van der Waals surface area contributed by atoms with E-state index in [0.717, 1.165) is 29.3 Å². The van der Waals surface area contributed by atoms with Gasteiger partial charge < -0.3 is 20.7 Å². The highest BCUT2D eigenvalue weighted by molar-refractivity contribution is 9.11. The lowest BCUT2D eigenvalue weighted by Gasteiger charge is -2.19. The molecule has 0 saturated heterocycles. The van der Waals surface area contributed by atoms with Crippen molar-refractivity contribution in [2.24, 2.45) is 4.99 Å². The first-order chi connectivity index (χ1) is 11.3. The van der Waals surface area contributed by atoms with Gasteiger partial charge in [-0.3, -0.25) is 0 Å². The van der Waals surface area contributed by atoms with Crippen LogP contribution < -0.4 is 16.0 Å². The van der Waals surface area contributed by atoms with Crippen LogP contribution in [0.1, 0.15) is 39.0 Å². The van der Waals surface area contributed by atoms with Crippen molar-refractivity contribution in [1.29, 1.82) is 0 Å². The second kappa shape index (κ2) is 10.6. The average molecular weight is 419 g/mol. The summed E-state index contributed by atoms with van der Waals surface area (Å²) >= 11 is 5.13. The Kier molecular flexibility index (Phi) is 9.13. The minimum atomic E-state index is -0.468. The van der Waals surface area contributed by atoms with Crippen molar-refractivity contribution in [2.45, 2.75) is 46.3 Å². The monoisotopic (exact) mass is 418 g/mol. The first-order valence-electron chi connectivity index (χ1n) is 8.03. The summed E-state index contributed by atoms with van der Waals surface area (Å²) in [5.74, 6) is 0.777. The number of carbonyl (C=O) groups excluding carboxylic acids is 1. The minimum absolute atomic E-state index is 0.383. The summed E-state index contributed by atoms with van der Waals surface area (Å²) in [5.41, 5.74) is -0.468. The van der Waals surface area contributed by atoms with Gasteiger partial charge in [0.15, 0.2) is 5.96 Å². The van der Waals surface area contributed by atoms with E-state index in [4.69, 9.17) is 4.74 Å². The third kappa shape index (κ3) is 9.77. The summed E-state index contributed by atoms with van der Waals surface area (Å²) in [6, 6.07) is 4.09. The number of hydrogen-bond donors (Lipinski definition) is 3. The van der Waals surface area contributed by atoms with Crippen molar-refractivity contribution >= 4 is 39.3 Å². The minimum Gasteiger partial charge on any atom is -0.444 e. The number of nitrogens with one attached hydrogen (secondary N) is 3. The first-order valence-corrected chi connectivity index (χ1v) is 9.64. The average Bonchev–Trinajstić information content (AvgIpc) is 2.88. The molecule has 0 aromatic carbocycles. The molecular formula is C16H27BrN4O2S. The molecule has 1 aromatic heterocycles. The fourth-order valence-corrected chi connectivity index (χ4v) is 3.14. The molecule has 0 bridgehead atoms. The number of rotatable bonds is 7. The normalized spacial score (nSPS) is 12.0. The Morgan fingerprint density at radius 3 is 2.54 bits per heavy atom. The second-order valence-electron chi connectivity index (χ2n) is 6.11. The predicted octanol–water partition coefficient (Wildman–Crippen LogP) is 3.48. The molecule has 6 nitrogen and oxygen atoms in total. The molecule has 8 heteroatoms. The van der Waals surface area contributed by atoms with E-state index in [9.17, 15) is 4.79 Å². The Morgan fingerprint density at radius 1 is 1.25 bits per heavy atom. The lowest BCUT2D eigenvalue weighted by molar-refractivity contribution is 0.0527. The topological polar surface area (TPSA) is 74.8 Å². The fourth-order valence-electron chi connectivity index (χ4n) is 1.74. The highest BCUT2D eigenvalue weighted by atomic mass is 79.9. The molecular weight excluding hydrogens is 392 g/mol. The molecule has 24 heavy (non-hydrogen) atoms. The van der Waals surface area contributed by atoms with E-state index in [1.807, 2.05) is 33.8 Å². The van der Waals surface area contributed by atoms with E-state index >= 15 is 0 Å². The Labute approximate surface area is 156 Å². The van der Waals surface area contributed by atoms with Gasteiger partial charge in [0, 0.05) is 24.5 Å². The van der Waals surface area contributed by atoms with Gasteiger partial charge in [0.25, 0.3) is 0 Å². The third-order valence-corrected chi connectivity index (χ3v) is 4.29. The number of carbonyl (C=O) groups is 1. The quantitative estimate of drug-likeness (QED) is 0.359. The molecule has 0 saturated carbocycles. The maximum atomic E-state index is 11.5. The van der Waals surface area contributed by atoms with Crippen LogP contribution in [0.15, 0.2) is 20.9 Å². The van der Waals surface area contributed by atoms with Crippen LogP contribution in [0.4, 0.5) is 4.79 Å². The van der Waals surface area contributed by atoms with Gasteiger partial charge in [0.2, 0.25) is 0 Å². The van der Waals surface area contributed by atoms with Crippen molar-refractivity contribution in [1.82, 2.24) is 16.0 Å².